The van der Waals surface area contributed by atoms with E-state index in [1.807, 2.05) is 12.1 Å². The predicted molar refractivity (Wildman–Crippen MR) is 119 cm³/mol. The van der Waals surface area contributed by atoms with Gasteiger partial charge in [-0.05, 0) is 54.2 Å². The minimum absolute atomic E-state index is 0.0457. The summed E-state index contributed by atoms with van der Waals surface area (Å²) < 4.78 is 29.6. The molecule has 0 saturated heterocycles. The van der Waals surface area contributed by atoms with E-state index in [2.05, 4.69) is 10.1 Å². The fraction of sp³-hybridized carbons (Fsp3) is 0.111. The number of rotatable bonds is 4. The summed E-state index contributed by atoms with van der Waals surface area (Å²) in [4.78, 5) is 17.2. The molecule has 4 rings (SSSR count). The molecule has 0 spiro atoms. The number of amidine groups is 2. The summed E-state index contributed by atoms with van der Waals surface area (Å²) in [5.41, 5.74) is -0.0457. The fourth-order valence-corrected chi connectivity index (χ4v) is 5.52. The van der Waals surface area contributed by atoms with Crippen molar-refractivity contribution in [1.82, 2.24) is 5.01 Å². The van der Waals surface area contributed by atoms with Crippen molar-refractivity contribution >= 4 is 72.3 Å². The second kappa shape index (κ2) is 8.06. The van der Waals surface area contributed by atoms with Gasteiger partial charge in [0, 0.05) is 9.92 Å². The SMILES string of the molecule is CCS(=O)(=O)C1=NN2C(=N)/C(=C\c3ccc(Sc4ccc(Cl)cc4)o3)C(=O)N=C2S1. The van der Waals surface area contributed by atoms with Crippen LogP contribution in [0.4, 0.5) is 0 Å². The number of benzene rings is 1. The number of hydrazone groups is 1. The van der Waals surface area contributed by atoms with Crippen molar-refractivity contribution in [2.24, 2.45) is 10.1 Å². The maximum atomic E-state index is 12.4. The zero-order valence-corrected chi connectivity index (χ0v) is 18.5. The predicted octanol–water partition coefficient (Wildman–Crippen LogP) is 4.10. The van der Waals surface area contributed by atoms with Gasteiger partial charge in [0.25, 0.3) is 5.91 Å². The molecule has 1 aromatic heterocycles. The third-order valence-corrected chi connectivity index (χ3v) is 8.27. The summed E-state index contributed by atoms with van der Waals surface area (Å²) in [5.74, 6) is -0.699. The Morgan fingerprint density at radius 1 is 1.27 bits per heavy atom. The van der Waals surface area contributed by atoms with Crippen LogP contribution in [0, 0.1) is 5.41 Å². The quantitative estimate of drug-likeness (QED) is 0.655. The van der Waals surface area contributed by atoms with Crippen molar-refractivity contribution in [3.05, 3.63) is 52.8 Å². The van der Waals surface area contributed by atoms with Gasteiger partial charge in [0.1, 0.15) is 5.76 Å². The Hall–Kier alpha value is -2.34. The lowest BCUT2D eigenvalue weighted by Gasteiger charge is -2.19. The van der Waals surface area contributed by atoms with Gasteiger partial charge >= 0.3 is 0 Å². The third-order valence-electron chi connectivity index (χ3n) is 4.00. The lowest BCUT2D eigenvalue weighted by molar-refractivity contribution is -0.114. The highest BCUT2D eigenvalue weighted by Gasteiger charge is 2.39. The summed E-state index contributed by atoms with van der Waals surface area (Å²) in [6.07, 6.45) is 1.39. The normalized spacial score (nSPS) is 17.9. The molecule has 8 nitrogen and oxygen atoms in total. The van der Waals surface area contributed by atoms with Crippen molar-refractivity contribution in [3.8, 4) is 0 Å². The van der Waals surface area contributed by atoms with Crippen molar-refractivity contribution in [1.29, 1.82) is 5.41 Å². The highest BCUT2D eigenvalue weighted by molar-refractivity contribution is 8.42. The number of sulfone groups is 1. The smallest absolute Gasteiger partial charge is 0.283 e. The molecule has 0 saturated carbocycles. The van der Waals surface area contributed by atoms with Gasteiger partial charge in [0.05, 0.1) is 11.3 Å². The van der Waals surface area contributed by atoms with E-state index >= 15 is 0 Å². The van der Waals surface area contributed by atoms with Gasteiger partial charge in [0.15, 0.2) is 10.9 Å². The topological polar surface area (TPSA) is 116 Å². The van der Waals surface area contributed by atoms with E-state index in [9.17, 15) is 13.2 Å². The largest absolute Gasteiger partial charge is 0.450 e. The van der Waals surface area contributed by atoms with Gasteiger partial charge < -0.3 is 4.42 Å². The van der Waals surface area contributed by atoms with Crippen LogP contribution in [0.5, 0.6) is 0 Å². The van der Waals surface area contributed by atoms with Crippen LogP contribution in [-0.4, -0.2) is 40.5 Å². The van der Waals surface area contributed by atoms with E-state index in [0.29, 0.717) is 15.9 Å². The Morgan fingerprint density at radius 2 is 2.00 bits per heavy atom. The zero-order valence-electron chi connectivity index (χ0n) is 15.3. The van der Waals surface area contributed by atoms with E-state index in [0.717, 1.165) is 21.7 Å². The Bertz CT molecular complexity index is 1250. The van der Waals surface area contributed by atoms with Crippen LogP contribution in [-0.2, 0) is 14.6 Å². The molecule has 1 amide bonds. The minimum atomic E-state index is -3.57. The van der Waals surface area contributed by atoms with Gasteiger partial charge in [0.2, 0.25) is 19.4 Å². The van der Waals surface area contributed by atoms with Crippen molar-refractivity contribution in [2.75, 3.05) is 5.75 Å². The first-order valence-corrected chi connectivity index (χ1v) is 12.2. The van der Waals surface area contributed by atoms with Gasteiger partial charge in [-0.2, -0.15) is 10.0 Å². The number of furan rings is 1. The highest BCUT2D eigenvalue weighted by atomic mass is 35.5. The molecule has 1 aromatic carbocycles. The molecule has 3 heterocycles. The summed E-state index contributed by atoms with van der Waals surface area (Å²) >= 11 is 8.02. The van der Waals surface area contributed by atoms with Gasteiger partial charge in [-0.15, -0.1) is 5.10 Å². The first-order valence-electron chi connectivity index (χ1n) is 8.53. The maximum Gasteiger partial charge on any atom is 0.283 e. The summed E-state index contributed by atoms with van der Waals surface area (Å²) in [7, 11) is -3.57. The molecule has 0 fully saturated rings. The molecule has 0 bridgehead atoms. The summed E-state index contributed by atoms with van der Waals surface area (Å²) in [6, 6.07) is 10.7. The second-order valence-corrected chi connectivity index (χ2v) is 10.9. The molecule has 1 N–H and O–H groups in total. The number of nitrogens with one attached hydrogen (secondary N) is 1. The Kier molecular flexibility index (Phi) is 5.62. The number of carbonyl (C=O) groups is 1. The number of fused-ring (bicyclic) bond motifs is 1. The molecule has 2 aromatic rings. The second-order valence-electron chi connectivity index (χ2n) is 6.00. The molecule has 0 radical (unpaired) electrons. The molecule has 2 aliphatic rings. The lowest BCUT2D eigenvalue weighted by atomic mass is 10.1. The van der Waals surface area contributed by atoms with Gasteiger partial charge in [-0.25, -0.2) is 8.42 Å². The lowest BCUT2D eigenvalue weighted by Crippen LogP contribution is -2.35. The maximum absolute atomic E-state index is 12.4. The van der Waals surface area contributed by atoms with Crippen LogP contribution in [0.15, 0.2) is 66.5 Å². The van der Waals surface area contributed by atoms with Gasteiger partial charge in [-0.3, -0.25) is 10.2 Å². The molecule has 2 aliphatic heterocycles. The number of thioether (sulfide) groups is 1. The van der Waals surface area contributed by atoms with E-state index < -0.39 is 15.7 Å². The van der Waals surface area contributed by atoms with Crippen molar-refractivity contribution in [2.45, 2.75) is 16.9 Å². The first-order chi connectivity index (χ1) is 14.3. The van der Waals surface area contributed by atoms with Crippen LogP contribution in [0.1, 0.15) is 12.7 Å². The average molecular weight is 481 g/mol. The Labute approximate surface area is 185 Å². The first kappa shape index (κ1) is 20.9. The van der Waals surface area contributed by atoms with E-state index in [4.69, 9.17) is 21.4 Å². The van der Waals surface area contributed by atoms with Crippen LogP contribution in [0.2, 0.25) is 5.02 Å². The zero-order chi connectivity index (χ0) is 21.5. The third kappa shape index (κ3) is 4.10. The molecule has 154 valence electrons. The minimum Gasteiger partial charge on any atom is -0.450 e. The van der Waals surface area contributed by atoms with Gasteiger partial charge in [-0.1, -0.05) is 30.3 Å². The van der Waals surface area contributed by atoms with Crippen LogP contribution in [0.25, 0.3) is 6.08 Å². The molecule has 30 heavy (non-hydrogen) atoms. The van der Waals surface area contributed by atoms with Crippen LogP contribution < -0.4 is 0 Å². The summed E-state index contributed by atoms with van der Waals surface area (Å²) in [6.45, 7) is 1.50. The number of amides is 1. The molecule has 0 aliphatic carbocycles. The number of halogens is 1. The molecular weight excluding hydrogens is 468 g/mol. The average Bonchev–Trinajstić information content (AvgIpc) is 3.34. The number of carbonyl (C=O) groups excluding carboxylic acids is 1. The Balaban J connectivity index is 1.58. The van der Waals surface area contributed by atoms with Crippen LogP contribution in [0.3, 0.4) is 0 Å². The highest BCUT2D eigenvalue weighted by Crippen LogP contribution is 2.33. The van der Waals surface area contributed by atoms with E-state index in [1.54, 1.807) is 24.3 Å². The number of hydrogen-bond acceptors (Lipinski definition) is 8. The molecule has 0 atom stereocenters. The molecule has 0 unspecified atom stereocenters. The van der Waals surface area contributed by atoms with Crippen LogP contribution >= 0.6 is 35.1 Å². The van der Waals surface area contributed by atoms with E-state index in [1.165, 1.54) is 24.8 Å². The molecular formula is C18H13ClN4O4S3. The standard InChI is InChI=1S/C18H13ClN4O4S3/c1-2-30(25,26)18-22-23-15(20)13(16(24)21-17(23)29-18)9-11-5-8-14(27-11)28-12-6-3-10(19)4-7-12/h3-9,20H,2H2,1H3/b13-9+,20-15?. The van der Waals surface area contributed by atoms with E-state index in [-0.39, 0.29) is 26.7 Å². The monoisotopic (exact) mass is 480 g/mol. The van der Waals surface area contributed by atoms with Crippen molar-refractivity contribution in [3.63, 3.8) is 0 Å². The Morgan fingerprint density at radius 3 is 2.70 bits per heavy atom. The summed E-state index contributed by atoms with van der Waals surface area (Å²) in [5, 5.41) is 14.6. The van der Waals surface area contributed by atoms with Crippen molar-refractivity contribution < 1.29 is 17.6 Å². The molecule has 12 heteroatoms. The number of hydrogen-bond donors (Lipinski definition) is 1. The number of aliphatic imine (C=N–C) groups is 1. The fourth-order valence-electron chi connectivity index (χ4n) is 2.45. The number of nitrogens with zero attached hydrogens (tertiary/aromatic N) is 3.